The van der Waals surface area contributed by atoms with E-state index in [1.807, 2.05) is 0 Å². The van der Waals surface area contributed by atoms with Crippen molar-refractivity contribution >= 4 is 0 Å². The highest BCUT2D eigenvalue weighted by molar-refractivity contribution is 4.83. The Morgan fingerprint density at radius 3 is 2.05 bits per heavy atom. The summed E-state index contributed by atoms with van der Waals surface area (Å²) < 4.78 is 0. The summed E-state index contributed by atoms with van der Waals surface area (Å²) in [5.41, 5.74) is 0.328. The number of nitrogens with one attached hydrogen (secondary N) is 1. The molecule has 0 aromatic rings. The van der Waals surface area contributed by atoms with E-state index in [2.05, 4.69) is 56.7 Å². The van der Waals surface area contributed by atoms with Crippen molar-refractivity contribution in [2.24, 2.45) is 5.92 Å². The normalized spacial score (nSPS) is 21.0. The number of nitrogens with zero attached hydrogens (tertiary/aromatic N) is 2. The minimum absolute atomic E-state index is 0.328. The molecular formula is C16H35N3. The average molecular weight is 269 g/mol. The Labute approximate surface area is 120 Å². The second-order valence-corrected chi connectivity index (χ2v) is 7.43. The van der Waals surface area contributed by atoms with Crippen LogP contribution in [0.2, 0.25) is 0 Å². The fourth-order valence-electron chi connectivity index (χ4n) is 2.72. The number of piperazine rings is 1. The van der Waals surface area contributed by atoms with E-state index in [4.69, 9.17) is 0 Å². The van der Waals surface area contributed by atoms with Crippen LogP contribution in [0.5, 0.6) is 0 Å². The summed E-state index contributed by atoms with van der Waals surface area (Å²) in [5, 5.41) is 3.55. The smallest absolute Gasteiger partial charge is 0.0126 e. The molecule has 0 aromatic carbocycles. The van der Waals surface area contributed by atoms with Gasteiger partial charge in [0.05, 0.1) is 0 Å². The molecule has 1 atom stereocenters. The third kappa shape index (κ3) is 6.24. The lowest BCUT2D eigenvalue weighted by Gasteiger charge is -2.44. The Bertz CT molecular complexity index is 237. The zero-order valence-electron chi connectivity index (χ0n) is 14.0. The summed E-state index contributed by atoms with van der Waals surface area (Å²) >= 11 is 0. The molecule has 0 saturated carbocycles. The third-order valence-corrected chi connectivity index (χ3v) is 4.18. The van der Waals surface area contributed by atoms with Gasteiger partial charge in [-0.25, -0.2) is 0 Å². The zero-order chi connectivity index (χ0) is 14.5. The van der Waals surface area contributed by atoms with Crippen molar-refractivity contribution in [3.05, 3.63) is 0 Å². The van der Waals surface area contributed by atoms with Crippen LogP contribution in [0.3, 0.4) is 0 Å². The molecule has 1 heterocycles. The van der Waals surface area contributed by atoms with E-state index in [-0.39, 0.29) is 0 Å². The van der Waals surface area contributed by atoms with Gasteiger partial charge in [-0.15, -0.1) is 0 Å². The Hall–Kier alpha value is -0.120. The first-order chi connectivity index (χ1) is 8.80. The van der Waals surface area contributed by atoms with E-state index >= 15 is 0 Å². The van der Waals surface area contributed by atoms with Crippen LogP contribution >= 0.6 is 0 Å². The molecule has 1 aliphatic heterocycles. The number of hydrogen-bond acceptors (Lipinski definition) is 3. The monoisotopic (exact) mass is 269 g/mol. The zero-order valence-corrected chi connectivity index (χ0v) is 14.0. The molecule has 1 N–H and O–H groups in total. The molecule has 0 bridgehead atoms. The first-order valence-corrected chi connectivity index (χ1v) is 8.00. The van der Waals surface area contributed by atoms with Crippen LogP contribution < -0.4 is 5.32 Å². The van der Waals surface area contributed by atoms with Crippen LogP contribution in [0.25, 0.3) is 0 Å². The van der Waals surface area contributed by atoms with Gasteiger partial charge in [-0.1, -0.05) is 13.8 Å². The van der Waals surface area contributed by atoms with Gasteiger partial charge in [0.1, 0.15) is 0 Å². The van der Waals surface area contributed by atoms with Crippen LogP contribution in [-0.4, -0.2) is 60.6 Å². The van der Waals surface area contributed by atoms with E-state index in [9.17, 15) is 0 Å². The van der Waals surface area contributed by atoms with E-state index in [0.29, 0.717) is 11.6 Å². The molecule has 0 aromatic heterocycles. The lowest BCUT2D eigenvalue weighted by atomic mass is 10.0. The lowest BCUT2D eigenvalue weighted by molar-refractivity contribution is 0.0439. The first kappa shape index (κ1) is 16.9. The molecule has 1 unspecified atom stereocenters. The molecule has 1 fully saturated rings. The van der Waals surface area contributed by atoms with Crippen LogP contribution in [0.1, 0.15) is 48.0 Å². The van der Waals surface area contributed by atoms with Gasteiger partial charge in [0.15, 0.2) is 0 Å². The highest BCUT2D eigenvalue weighted by Gasteiger charge is 2.27. The predicted octanol–water partition coefficient (Wildman–Crippen LogP) is 2.43. The van der Waals surface area contributed by atoms with Gasteiger partial charge in [-0.3, -0.25) is 9.80 Å². The fraction of sp³-hybridized carbons (Fsp3) is 1.00. The Morgan fingerprint density at radius 1 is 1.00 bits per heavy atom. The maximum absolute atomic E-state index is 3.55. The van der Waals surface area contributed by atoms with Crippen molar-refractivity contribution in [3.8, 4) is 0 Å². The molecule has 0 aliphatic carbocycles. The van der Waals surface area contributed by atoms with Gasteiger partial charge in [0.2, 0.25) is 0 Å². The van der Waals surface area contributed by atoms with Crippen LogP contribution in [-0.2, 0) is 0 Å². The van der Waals surface area contributed by atoms with E-state index in [1.54, 1.807) is 0 Å². The van der Waals surface area contributed by atoms with Gasteiger partial charge in [0.25, 0.3) is 0 Å². The molecule has 3 heteroatoms. The SMILES string of the molecule is CC(C)CNCCC(C)N1CCN(C(C)(C)C)CC1. The number of hydrogen-bond donors (Lipinski definition) is 1. The van der Waals surface area contributed by atoms with Crippen LogP contribution in [0, 0.1) is 5.92 Å². The minimum atomic E-state index is 0.328. The largest absolute Gasteiger partial charge is 0.316 e. The van der Waals surface area contributed by atoms with Gasteiger partial charge in [-0.2, -0.15) is 0 Å². The predicted molar refractivity (Wildman–Crippen MR) is 84.7 cm³/mol. The highest BCUT2D eigenvalue weighted by atomic mass is 15.3. The molecule has 3 nitrogen and oxygen atoms in total. The van der Waals surface area contributed by atoms with Gasteiger partial charge < -0.3 is 5.32 Å². The summed E-state index contributed by atoms with van der Waals surface area (Å²) in [4.78, 5) is 5.26. The van der Waals surface area contributed by atoms with Crippen molar-refractivity contribution < 1.29 is 0 Å². The van der Waals surface area contributed by atoms with Crippen LogP contribution in [0.15, 0.2) is 0 Å². The highest BCUT2D eigenvalue weighted by Crippen LogP contribution is 2.17. The second kappa shape index (κ2) is 7.61. The van der Waals surface area contributed by atoms with Crippen LogP contribution in [0.4, 0.5) is 0 Å². The van der Waals surface area contributed by atoms with Gasteiger partial charge >= 0.3 is 0 Å². The molecule has 1 saturated heterocycles. The molecule has 1 aliphatic rings. The molecule has 19 heavy (non-hydrogen) atoms. The van der Waals surface area contributed by atoms with E-state index in [1.165, 1.54) is 32.6 Å². The summed E-state index contributed by atoms with van der Waals surface area (Å²) in [6.07, 6.45) is 1.27. The maximum Gasteiger partial charge on any atom is 0.0126 e. The number of rotatable bonds is 6. The Morgan fingerprint density at radius 2 is 1.58 bits per heavy atom. The summed E-state index contributed by atoms with van der Waals surface area (Å²) in [7, 11) is 0. The van der Waals surface area contributed by atoms with E-state index in [0.717, 1.165) is 19.0 Å². The second-order valence-electron chi connectivity index (χ2n) is 7.43. The average Bonchev–Trinajstić information content (AvgIpc) is 2.33. The fourth-order valence-corrected chi connectivity index (χ4v) is 2.72. The quantitative estimate of drug-likeness (QED) is 0.747. The van der Waals surface area contributed by atoms with Crippen molar-refractivity contribution in [2.45, 2.75) is 59.5 Å². The maximum atomic E-state index is 3.55. The molecule has 0 amide bonds. The molecule has 1 rings (SSSR count). The summed E-state index contributed by atoms with van der Waals surface area (Å²) in [5.74, 6) is 0.755. The summed E-state index contributed by atoms with van der Waals surface area (Å²) in [6, 6.07) is 0.710. The molecule has 0 radical (unpaired) electrons. The Balaban J connectivity index is 2.20. The van der Waals surface area contributed by atoms with Crippen molar-refractivity contribution in [2.75, 3.05) is 39.3 Å². The standard InChI is InChI=1S/C16H35N3/c1-14(2)13-17-8-7-15(3)18-9-11-19(12-10-18)16(4,5)6/h14-15,17H,7-13H2,1-6H3. The summed E-state index contributed by atoms with van der Waals surface area (Å²) in [6.45, 7) is 21.1. The van der Waals surface area contributed by atoms with Gasteiger partial charge in [0, 0.05) is 37.8 Å². The van der Waals surface area contributed by atoms with Crippen molar-refractivity contribution in [1.82, 2.24) is 15.1 Å². The molecular weight excluding hydrogens is 234 g/mol. The van der Waals surface area contributed by atoms with Crippen molar-refractivity contribution in [1.29, 1.82) is 0 Å². The lowest BCUT2D eigenvalue weighted by Crippen LogP contribution is -2.55. The first-order valence-electron chi connectivity index (χ1n) is 8.00. The van der Waals surface area contributed by atoms with Gasteiger partial charge in [-0.05, 0) is 53.1 Å². The molecule has 114 valence electrons. The van der Waals surface area contributed by atoms with E-state index < -0.39 is 0 Å². The molecule has 0 spiro atoms. The van der Waals surface area contributed by atoms with Crippen molar-refractivity contribution in [3.63, 3.8) is 0 Å². The Kier molecular flexibility index (Phi) is 6.78. The topological polar surface area (TPSA) is 18.5 Å². The third-order valence-electron chi connectivity index (χ3n) is 4.18. The minimum Gasteiger partial charge on any atom is -0.316 e.